The number of nitrogens with zero attached hydrogens (tertiary/aromatic N) is 1. The Labute approximate surface area is 198 Å². The van der Waals surface area contributed by atoms with Crippen molar-refractivity contribution in [2.24, 2.45) is 4.99 Å². The van der Waals surface area contributed by atoms with E-state index in [1.165, 1.54) is 17.3 Å². The van der Waals surface area contributed by atoms with Crippen LogP contribution in [0.1, 0.15) is 25.0 Å². The summed E-state index contributed by atoms with van der Waals surface area (Å²) < 4.78 is 10.9. The van der Waals surface area contributed by atoms with Gasteiger partial charge < -0.3 is 14.8 Å². The Hall–Kier alpha value is -2.29. The summed E-state index contributed by atoms with van der Waals surface area (Å²) in [5, 5.41) is 3.59. The number of amides is 1. The third-order valence-corrected chi connectivity index (χ3v) is 5.96. The lowest BCUT2D eigenvalue weighted by atomic mass is 10.2. The second kappa shape index (κ2) is 10.8. The summed E-state index contributed by atoms with van der Waals surface area (Å²) in [6.07, 6.45) is 2.68. The molecule has 2 aromatic carbocycles. The van der Waals surface area contributed by atoms with Gasteiger partial charge in [-0.1, -0.05) is 30.7 Å². The summed E-state index contributed by atoms with van der Waals surface area (Å²) in [4.78, 5) is 28.8. The average Bonchev–Trinajstić information content (AvgIpc) is 3.06. The van der Waals surface area contributed by atoms with Gasteiger partial charge in [-0.2, -0.15) is 0 Å². The van der Waals surface area contributed by atoms with Gasteiger partial charge in [-0.3, -0.25) is 4.79 Å². The highest BCUT2D eigenvalue weighted by molar-refractivity contribution is 9.10. The molecule has 0 atom stereocenters. The zero-order chi connectivity index (χ0) is 22.4. The molecule has 0 radical (unpaired) electrons. The van der Waals surface area contributed by atoms with Gasteiger partial charge in [0.1, 0.15) is 0 Å². The quantitative estimate of drug-likeness (QED) is 0.383. The maximum Gasteiger partial charge on any atom is 0.344 e. The number of halogens is 2. The van der Waals surface area contributed by atoms with E-state index in [0.717, 1.165) is 12.1 Å². The van der Waals surface area contributed by atoms with Crippen LogP contribution >= 0.6 is 39.3 Å². The van der Waals surface area contributed by atoms with Gasteiger partial charge in [0.2, 0.25) is 0 Å². The number of aliphatic imine (C=N–C) groups is 1. The minimum atomic E-state index is -0.480. The fraction of sp³-hybridized carbons (Fsp3) is 0.227. The molecule has 1 amide bonds. The second-order valence-electron chi connectivity index (χ2n) is 6.41. The fourth-order valence-electron chi connectivity index (χ4n) is 2.69. The SMILES string of the molecule is CCOC(=O)COc1c(Cl)cc(/C=C2\SC(=Nc3ccc(CC)cc3)NC2=O)cc1Br. The maximum absolute atomic E-state index is 12.4. The van der Waals surface area contributed by atoms with Crippen LogP contribution in [0.15, 0.2) is 50.8 Å². The second-order valence-corrected chi connectivity index (χ2v) is 8.70. The van der Waals surface area contributed by atoms with Crippen LogP contribution in [0.4, 0.5) is 5.69 Å². The van der Waals surface area contributed by atoms with Gasteiger partial charge in [-0.25, -0.2) is 9.79 Å². The molecule has 1 aliphatic heterocycles. The minimum absolute atomic E-state index is 0.233. The highest BCUT2D eigenvalue weighted by atomic mass is 79.9. The number of hydrogen-bond acceptors (Lipinski definition) is 6. The summed E-state index contributed by atoms with van der Waals surface area (Å²) in [6, 6.07) is 11.3. The molecule has 1 aliphatic rings. The first-order valence-electron chi connectivity index (χ1n) is 9.55. The Morgan fingerprint density at radius 2 is 2.00 bits per heavy atom. The van der Waals surface area contributed by atoms with Crippen LogP contribution < -0.4 is 10.1 Å². The van der Waals surface area contributed by atoms with Crippen molar-refractivity contribution in [3.05, 3.63) is 61.9 Å². The van der Waals surface area contributed by atoms with Gasteiger partial charge in [-0.15, -0.1) is 0 Å². The van der Waals surface area contributed by atoms with Gasteiger partial charge in [0.05, 0.1) is 26.7 Å². The highest BCUT2D eigenvalue weighted by Gasteiger charge is 2.24. The summed E-state index contributed by atoms with van der Waals surface area (Å²) in [6.45, 7) is 3.84. The number of hydrogen-bond donors (Lipinski definition) is 1. The number of rotatable bonds is 7. The van der Waals surface area contributed by atoms with Crippen LogP contribution in [0.5, 0.6) is 5.75 Å². The lowest BCUT2D eigenvalue weighted by molar-refractivity contribution is -0.145. The lowest BCUT2D eigenvalue weighted by Crippen LogP contribution is -2.19. The Balaban J connectivity index is 1.74. The number of carbonyl (C=O) groups is 2. The molecule has 3 rings (SSSR count). The number of carbonyl (C=O) groups excluding carboxylic acids is 2. The standard InChI is InChI=1S/C22H20BrClN2O4S/c1-3-13-5-7-15(8-6-13)25-22-26-21(28)18(31-22)11-14-9-16(23)20(17(24)10-14)30-12-19(27)29-4-2/h5-11H,3-4,12H2,1-2H3,(H,25,26,28)/b18-11-. The molecule has 1 fully saturated rings. The molecule has 162 valence electrons. The van der Waals surface area contributed by atoms with Crippen molar-refractivity contribution in [3.8, 4) is 5.75 Å². The summed E-state index contributed by atoms with van der Waals surface area (Å²) in [5.74, 6) is -0.381. The van der Waals surface area contributed by atoms with Crippen molar-refractivity contribution < 1.29 is 19.1 Å². The highest BCUT2D eigenvalue weighted by Crippen LogP contribution is 2.36. The molecule has 1 N–H and O–H groups in total. The molecular weight excluding hydrogens is 504 g/mol. The molecule has 9 heteroatoms. The van der Waals surface area contributed by atoms with E-state index in [0.29, 0.717) is 30.9 Å². The number of benzene rings is 2. The van der Waals surface area contributed by atoms with Gasteiger partial charge in [0, 0.05) is 0 Å². The van der Waals surface area contributed by atoms with Gasteiger partial charge >= 0.3 is 5.97 Å². The third kappa shape index (κ3) is 6.35. The van der Waals surface area contributed by atoms with Gasteiger partial charge in [-0.05, 0) is 82.5 Å². The number of ether oxygens (including phenoxy) is 2. The maximum atomic E-state index is 12.4. The molecule has 1 heterocycles. The number of nitrogens with one attached hydrogen (secondary N) is 1. The molecule has 0 bridgehead atoms. The first-order chi connectivity index (χ1) is 14.9. The van der Waals surface area contributed by atoms with Crippen LogP contribution in [0.25, 0.3) is 6.08 Å². The average molecular weight is 524 g/mol. The Kier molecular flexibility index (Phi) is 8.17. The zero-order valence-corrected chi connectivity index (χ0v) is 20.1. The molecule has 31 heavy (non-hydrogen) atoms. The lowest BCUT2D eigenvalue weighted by Gasteiger charge is -2.10. The zero-order valence-electron chi connectivity index (χ0n) is 16.9. The van der Waals surface area contributed by atoms with Crippen molar-refractivity contribution in [2.45, 2.75) is 20.3 Å². The van der Waals surface area contributed by atoms with Crippen molar-refractivity contribution in [1.29, 1.82) is 0 Å². The molecule has 2 aromatic rings. The predicted molar refractivity (Wildman–Crippen MR) is 128 cm³/mol. The molecule has 0 aliphatic carbocycles. The Morgan fingerprint density at radius 1 is 1.26 bits per heavy atom. The molecule has 0 saturated carbocycles. The molecule has 1 saturated heterocycles. The molecule has 0 spiro atoms. The molecular formula is C22H20BrClN2O4S. The van der Waals surface area contributed by atoms with E-state index in [1.54, 1.807) is 25.1 Å². The van der Waals surface area contributed by atoms with Crippen LogP contribution in [-0.4, -0.2) is 30.3 Å². The van der Waals surface area contributed by atoms with Crippen molar-refractivity contribution in [2.75, 3.05) is 13.2 Å². The van der Waals surface area contributed by atoms with Gasteiger partial charge in [0.15, 0.2) is 17.5 Å². The smallest absolute Gasteiger partial charge is 0.344 e. The van der Waals surface area contributed by atoms with Crippen LogP contribution in [-0.2, 0) is 20.7 Å². The van der Waals surface area contributed by atoms with E-state index >= 15 is 0 Å². The van der Waals surface area contributed by atoms with Crippen molar-refractivity contribution in [3.63, 3.8) is 0 Å². The number of amidine groups is 1. The Bertz CT molecular complexity index is 1030. The largest absolute Gasteiger partial charge is 0.479 e. The monoisotopic (exact) mass is 522 g/mol. The van der Waals surface area contributed by atoms with E-state index in [1.807, 2.05) is 24.3 Å². The van der Waals surface area contributed by atoms with E-state index in [9.17, 15) is 9.59 Å². The van der Waals surface area contributed by atoms with Crippen LogP contribution in [0.2, 0.25) is 5.02 Å². The Morgan fingerprint density at radius 3 is 2.65 bits per heavy atom. The van der Waals surface area contributed by atoms with E-state index < -0.39 is 5.97 Å². The van der Waals surface area contributed by atoms with Crippen LogP contribution in [0, 0.1) is 0 Å². The predicted octanol–water partition coefficient (Wildman–Crippen LogP) is 5.50. The minimum Gasteiger partial charge on any atom is -0.479 e. The van der Waals surface area contributed by atoms with E-state index in [-0.39, 0.29) is 19.1 Å². The van der Waals surface area contributed by atoms with E-state index in [4.69, 9.17) is 21.1 Å². The number of esters is 1. The topological polar surface area (TPSA) is 77.0 Å². The number of aryl methyl sites for hydroxylation is 1. The van der Waals surface area contributed by atoms with E-state index in [2.05, 4.69) is 33.2 Å². The third-order valence-electron chi connectivity index (χ3n) is 4.18. The fourth-order valence-corrected chi connectivity index (χ4v) is 4.52. The first-order valence-corrected chi connectivity index (χ1v) is 11.5. The molecule has 6 nitrogen and oxygen atoms in total. The van der Waals surface area contributed by atoms with Crippen molar-refractivity contribution in [1.82, 2.24) is 5.32 Å². The van der Waals surface area contributed by atoms with Crippen LogP contribution in [0.3, 0.4) is 0 Å². The summed E-state index contributed by atoms with van der Waals surface area (Å²) in [7, 11) is 0. The molecule has 0 unspecified atom stereocenters. The summed E-state index contributed by atoms with van der Waals surface area (Å²) >= 11 is 11.0. The number of thioether (sulfide) groups is 1. The molecule has 0 aromatic heterocycles. The summed E-state index contributed by atoms with van der Waals surface area (Å²) in [5.41, 5.74) is 2.70. The first kappa shape index (κ1) is 23.4. The van der Waals surface area contributed by atoms with Crippen molar-refractivity contribution >= 4 is 68.1 Å². The van der Waals surface area contributed by atoms with Gasteiger partial charge in [0.25, 0.3) is 5.91 Å². The normalized spacial score (nSPS) is 15.9.